The quantitative estimate of drug-likeness (QED) is 0.566. The molecule has 0 aromatic heterocycles. The molecule has 0 N–H and O–H groups in total. The molecule has 0 aliphatic carbocycles. The Kier molecular flexibility index (Phi) is 7.90. The molecule has 0 aromatic carbocycles. The summed E-state index contributed by atoms with van der Waals surface area (Å²) in [6.07, 6.45) is 4.98. The number of ether oxygens (including phenoxy) is 1. The molecule has 0 fully saturated rings. The van der Waals surface area contributed by atoms with E-state index in [-0.39, 0.29) is 6.10 Å². The zero-order valence-corrected chi connectivity index (χ0v) is 11.1. The zero-order valence-electron chi connectivity index (χ0n) is 11.1. The van der Waals surface area contributed by atoms with Crippen LogP contribution in [0.15, 0.2) is 0 Å². The van der Waals surface area contributed by atoms with Gasteiger partial charge in [0.05, 0.1) is 6.10 Å². The molecule has 98 valence electrons. The lowest BCUT2D eigenvalue weighted by Crippen LogP contribution is -2.24. The van der Waals surface area contributed by atoms with Crippen molar-refractivity contribution in [2.24, 2.45) is 5.92 Å². The van der Waals surface area contributed by atoms with Crippen molar-refractivity contribution in [3.8, 4) is 0 Å². The van der Waals surface area contributed by atoms with Gasteiger partial charge >= 0.3 is 0 Å². The first kappa shape index (κ1) is 15.8. The second-order valence-electron chi connectivity index (χ2n) is 4.88. The van der Waals surface area contributed by atoms with Gasteiger partial charge in [0.15, 0.2) is 0 Å². The molecule has 0 aromatic rings. The highest BCUT2D eigenvalue weighted by molar-refractivity contribution is 4.64. The zero-order chi connectivity index (χ0) is 12.6. The topological polar surface area (TPSA) is 9.23 Å². The molecule has 2 atom stereocenters. The summed E-state index contributed by atoms with van der Waals surface area (Å²) < 4.78 is 30.6. The van der Waals surface area contributed by atoms with E-state index in [0.29, 0.717) is 5.92 Å². The van der Waals surface area contributed by atoms with E-state index >= 15 is 0 Å². The van der Waals surface area contributed by atoms with Crippen LogP contribution < -0.4 is 0 Å². The largest absolute Gasteiger partial charge is 0.372 e. The van der Waals surface area contributed by atoms with Crippen LogP contribution in [0.3, 0.4) is 0 Å². The Balaban J connectivity index is 3.88. The van der Waals surface area contributed by atoms with Crippen LogP contribution in [-0.4, -0.2) is 18.6 Å². The fourth-order valence-corrected chi connectivity index (χ4v) is 1.57. The van der Waals surface area contributed by atoms with E-state index in [4.69, 9.17) is 4.74 Å². The molecule has 0 saturated heterocycles. The smallest absolute Gasteiger partial charge is 0.268 e. The summed E-state index contributed by atoms with van der Waals surface area (Å²) in [4.78, 5) is 0. The highest BCUT2D eigenvalue weighted by Crippen LogP contribution is 2.19. The van der Waals surface area contributed by atoms with Gasteiger partial charge in [0.25, 0.3) is 5.92 Å². The van der Waals surface area contributed by atoms with E-state index in [2.05, 4.69) is 20.8 Å². The van der Waals surface area contributed by atoms with E-state index in [0.717, 1.165) is 39.0 Å². The molecule has 0 aliphatic rings. The first-order chi connectivity index (χ1) is 7.39. The fourth-order valence-electron chi connectivity index (χ4n) is 1.57. The van der Waals surface area contributed by atoms with Crippen molar-refractivity contribution in [2.75, 3.05) is 6.61 Å². The number of hydrogen-bond acceptors (Lipinski definition) is 1. The second kappa shape index (κ2) is 7.99. The summed E-state index contributed by atoms with van der Waals surface area (Å²) in [6.45, 7) is 6.87. The highest BCUT2D eigenvalue weighted by Gasteiger charge is 2.23. The third-order valence-electron chi connectivity index (χ3n) is 2.86. The Hall–Kier alpha value is -0.180. The first-order valence-corrected chi connectivity index (χ1v) is 6.38. The molecule has 3 heteroatoms. The molecule has 16 heavy (non-hydrogen) atoms. The van der Waals surface area contributed by atoms with Gasteiger partial charge in [-0.2, -0.15) is 0 Å². The monoisotopic (exact) mass is 236 g/mol. The summed E-state index contributed by atoms with van der Waals surface area (Å²) in [5.41, 5.74) is 0. The van der Waals surface area contributed by atoms with Crippen LogP contribution in [-0.2, 0) is 4.74 Å². The van der Waals surface area contributed by atoms with Gasteiger partial charge in [-0.15, -0.1) is 0 Å². The van der Waals surface area contributed by atoms with Crippen molar-refractivity contribution in [1.29, 1.82) is 0 Å². The lowest BCUT2D eigenvalue weighted by atomic mass is 9.99. The third-order valence-corrected chi connectivity index (χ3v) is 2.86. The molecule has 0 amide bonds. The van der Waals surface area contributed by atoms with Crippen LogP contribution in [0.2, 0.25) is 0 Å². The normalized spacial score (nSPS) is 16.1. The Labute approximate surface area is 98.6 Å². The summed E-state index contributed by atoms with van der Waals surface area (Å²) in [5.74, 6) is -2.05. The Morgan fingerprint density at radius 1 is 1.12 bits per heavy atom. The van der Waals surface area contributed by atoms with Crippen LogP contribution in [0.1, 0.15) is 59.8 Å². The Morgan fingerprint density at radius 3 is 2.19 bits per heavy atom. The van der Waals surface area contributed by atoms with Crippen LogP contribution in [0, 0.1) is 5.92 Å². The van der Waals surface area contributed by atoms with Gasteiger partial charge in [0, 0.05) is 6.92 Å². The van der Waals surface area contributed by atoms with Crippen molar-refractivity contribution in [3.05, 3.63) is 0 Å². The number of rotatable bonds is 9. The molecular weight excluding hydrogens is 210 g/mol. The molecule has 2 unspecified atom stereocenters. The lowest BCUT2D eigenvalue weighted by Gasteiger charge is -2.21. The lowest BCUT2D eigenvalue weighted by molar-refractivity contribution is -0.0913. The summed E-state index contributed by atoms with van der Waals surface area (Å²) in [7, 11) is 0. The van der Waals surface area contributed by atoms with Crippen LogP contribution in [0.4, 0.5) is 8.78 Å². The first-order valence-electron chi connectivity index (χ1n) is 6.38. The third kappa shape index (κ3) is 9.08. The minimum Gasteiger partial charge on any atom is -0.372 e. The molecule has 0 rings (SSSR count). The number of alkyl halides is 2. The molecule has 0 aliphatic heterocycles. The molecule has 0 saturated carbocycles. The van der Waals surface area contributed by atoms with Crippen molar-refractivity contribution < 1.29 is 13.5 Å². The van der Waals surface area contributed by atoms with Crippen LogP contribution in [0.5, 0.6) is 0 Å². The average molecular weight is 236 g/mol. The van der Waals surface area contributed by atoms with Crippen LogP contribution in [0.25, 0.3) is 0 Å². The van der Waals surface area contributed by atoms with Crippen molar-refractivity contribution in [2.45, 2.75) is 71.8 Å². The predicted molar refractivity (Wildman–Crippen MR) is 64.0 cm³/mol. The van der Waals surface area contributed by atoms with Crippen molar-refractivity contribution >= 4 is 0 Å². The van der Waals surface area contributed by atoms with Gasteiger partial charge in [-0.1, -0.05) is 33.6 Å². The average Bonchev–Trinajstić information content (AvgIpc) is 2.20. The van der Waals surface area contributed by atoms with Gasteiger partial charge in [0.2, 0.25) is 0 Å². The molecule has 1 nitrogen and oxygen atoms in total. The highest BCUT2D eigenvalue weighted by atomic mass is 19.3. The second-order valence-corrected chi connectivity index (χ2v) is 4.88. The maximum atomic E-state index is 12.7. The minimum atomic E-state index is -2.71. The van der Waals surface area contributed by atoms with E-state index in [1.54, 1.807) is 0 Å². The fraction of sp³-hybridized carbons (Fsp3) is 1.00. The SMILES string of the molecule is CCCC(CCC(C)CC)OCC(C)(F)F. The van der Waals surface area contributed by atoms with E-state index in [1.165, 1.54) is 0 Å². The van der Waals surface area contributed by atoms with Gasteiger partial charge in [-0.3, -0.25) is 0 Å². The maximum Gasteiger partial charge on any atom is 0.268 e. The molecule has 0 heterocycles. The van der Waals surface area contributed by atoms with Gasteiger partial charge in [-0.05, 0) is 25.2 Å². The Morgan fingerprint density at radius 2 is 1.75 bits per heavy atom. The number of hydrogen-bond donors (Lipinski definition) is 0. The summed E-state index contributed by atoms with van der Waals surface area (Å²) >= 11 is 0. The van der Waals surface area contributed by atoms with E-state index < -0.39 is 12.5 Å². The molecule has 0 spiro atoms. The standard InChI is InChI=1S/C13H26F2O/c1-5-7-12(9-8-11(3)6-2)16-10-13(4,14)15/h11-12H,5-10H2,1-4H3. The summed E-state index contributed by atoms with van der Waals surface area (Å²) in [6, 6.07) is 0. The van der Waals surface area contributed by atoms with Crippen molar-refractivity contribution in [1.82, 2.24) is 0 Å². The van der Waals surface area contributed by atoms with Crippen LogP contribution >= 0.6 is 0 Å². The van der Waals surface area contributed by atoms with Gasteiger partial charge in [-0.25, -0.2) is 8.78 Å². The van der Waals surface area contributed by atoms with E-state index in [9.17, 15) is 8.78 Å². The van der Waals surface area contributed by atoms with E-state index in [1.807, 2.05) is 0 Å². The predicted octanol–water partition coefficient (Wildman–Crippen LogP) is 4.65. The van der Waals surface area contributed by atoms with Crippen molar-refractivity contribution in [3.63, 3.8) is 0 Å². The Bertz CT molecular complexity index is 166. The van der Waals surface area contributed by atoms with Gasteiger partial charge in [0.1, 0.15) is 6.61 Å². The maximum absolute atomic E-state index is 12.7. The summed E-state index contributed by atoms with van der Waals surface area (Å²) in [5, 5.41) is 0. The molecule has 0 radical (unpaired) electrons. The molecule has 0 bridgehead atoms. The molecular formula is C13H26F2O. The number of halogens is 2. The minimum absolute atomic E-state index is 0.00447. The van der Waals surface area contributed by atoms with Gasteiger partial charge < -0.3 is 4.74 Å².